The molecule has 0 saturated carbocycles. The van der Waals surface area contributed by atoms with Crippen LogP contribution in [0.15, 0.2) is 48.5 Å². The van der Waals surface area contributed by atoms with Crippen molar-refractivity contribution in [3.63, 3.8) is 0 Å². The number of Topliss-reactive ketones (excluding diaryl/α,β-unsaturated/α-hetero) is 1. The second kappa shape index (κ2) is 7.17. The smallest absolute Gasteiger partial charge is 0.262 e. The lowest BCUT2D eigenvalue weighted by Crippen LogP contribution is -2.21. The Kier molecular flexibility index (Phi) is 5.03. The quantitative estimate of drug-likeness (QED) is 0.657. The number of anilines is 1. The standard InChI is InChI=1S/C17H15NO4/c1-12(20)15-4-2-3-5-16(15)18-17(21)11-22-14-8-6-13(10-19)7-9-14/h2-10H,11H2,1H3,(H,18,21). The summed E-state index contributed by atoms with van der Waals surface area (Å²) in [6.07, 6.45) is 0.731. The summed E-state index contributed by atoms with van der Waals surface area (Å²) in [6, 6.07) is 13.2. The third-order valence-corrected chi connectivity index (χ3v) is 2.97. The van der Waals surface area contributed by atoms with Crippen molar-refractivity contribution in [3.05, 3.63) is 59.7 Å². The lowest BCUT2D eigenvalue weighted by molar-refractivity contribution is -0.118. The Morgan fingerprint density at radius 1 is 1.09 bits per heavy atom. The topological polar surface area (TPSA) is 72.5 Å². The maximum atomic E-state index is 11.9. The number of amides is 1. The monoisotopic (exact) mass is 297 g/mol. The summed E-state index contributed by atoms with van der Waals surface area (Å²) in [5.74, 6) is -0.00460. The molecule has 22 heavy (non-hydrogen) atoms. The molecule has 2 rings (SSSR count). The molecule has 5 nitrogen and oxygen atoms in total. The van der Waals surface area contributed by atoms with E-state index in [-0.39, 0.29) is 18.3 Å². The van der Waals surface area contributed by atoms with E-state index < -0.39 is 0 Å². The van der Waals surface area contributed by atoms with Gasteiger partial charge in [0.15, 0.2) is 12.4 Å². The van der Waals surface area contributed by atoms with Gasteiger partial charge in [0.05, 0.1) is 5.69 Å². The molecule has 0 aliphatic rings. The van der Waals surface area contributed by atoms with E-state index >= 15 is 0 Å². The van der Waals surface area contributed by atoms with Gasteiger partial charge in [0.2, 0.25) is 0 Å². The fraction of sp³-hybridized carbons (Fsp3) is 0.118. The molecule has 0 unspecified atom stereocenters. The molecule has 0 fully saturated rings. The third kappa shape index (κ3) is 4.02. The number of carbonyl (C=O) groups is 3. The summed E-state index contributed by atoms with van der Waals surface area (Å²) >= 11 is 0. The lowest BCUT2D eigenvalue weighted by atomic mass is 10.1. The van der Waals surface area contributed by atoms with Crippen LogP contribution in [0.25, 0.3) is 0 Å². The summed E-state index contributed by atoms with van der Waals surface area (Å²) in [5, 5.41) is 2.64. The largest absolute Gasteiger partial charge is 0.484 e. The van der Waals surface area contributed by atoms with Crippen LogP contribution in [0.4, 0.5) is 5.69 Å². The lowest BCUT2D eigenvalue weighted by Gasteiger charge is -2.10. The molecule has 112 valence electrons. The summed E-state index contributed by atoms with van der Waals surface area (Å²) in [5.41, 5.74) is 1.44. The van der Waals surface area contributed by atoms with Crippen LogP contribution in [0, 0.1) is 0 Å². The van der Waals surface area contributed by atoms with Crippen LogP contribution in [0.1, 0.15) is 27.6 Å². The number of hydrogen-bond donors (Lipinski definition) is 1. The highest BCUT2D eigenvalue weighted by Gasteiger charge is 2.10. The van der Waals surface area contributed by atoms with Crippen molar-refractivity contribution >= 4 is 23.7 Å². The fourth-order valence-corrected chi connectivity index (χ4v) is 1.88. The zero-order valence-electron chi connectivity index (χ0n) is 12.0. The zero-order chi connectivity index (χ0) is 15.9. The van der Waals surface area contributed by atoms with Crippen molar-refractivity contribution in [3.8, 4) is 5.75 Å². The molecule has 0 spiro atoms. The number of aldehydes is 1. The Bertz CT molecular complexity index is 692. The number of ether oxygens (including phenoxy) is 1. The predicted octanol–water partition coefficient (Wildman–Crippen LogP) is 2.72. The van der Waals surface area contributed by atoms with Crippen molar-refractivity contribution in [2.24, 2.45) is 0 Å². The molecule has 0 heterocycles. The predicted molar refractivity (Wildman–Crippen MR) is 82.4 cm³/mol. The van der Waals surface area contributed by atoms with Crippen molar-refractivity contribution in [1.29, 1.82) is 0 Å². The summed E-state index contributed by atoms with van der Waals surface area (Å²) in [4.78, 5) is 33.9. The minimum Gasteiger partial charge on any atom is -0.484 e. The first-order valence-corrected chi connectivity index (χ1v) is 6.68. The van der Waals surface area contributed by atoms with Gasteiger partial charge in [0, 0.05) is 11.1 Å². The van der Waals surface area contributed by atoms with Gasteiger partial charge in [-0.15, -0.1) is 0 Å². The van der Waals surface area contributed by atoms with Gasteiger partial charge in [-0.2, -0.15) is 0 Å². The third-order valence-electron chi connectivity index (χ3n) is 2.97. The number of nitrogens with one attached hydrogen (secondary N) is 1. The van der Waals surface area contributed by atoms with Crippen molar-refractivity contribution < 1.29 is 19.1 Å². The summed E-state index contributed by atoms with van der Waals surface area (Å²) in [6.45, 7) is 1.25. The Hall–Kier alpha value is -2.95. The van der Waals surface area contributed by atoms with Crippen molar-refractivity contribution in [2.45, 2.75) is 6.92 Å². The molecular weight excluding hydrogens is 282 g/mol. The van der Waals surface area contributed by atoms with Crippen LogP contribution < -0.4 is 10.1 Å². The Balaban J connectivity index is 1.95. The molecular formula is C17H15NO4. The van der Waals surface area contributed by atoms with Gasteiger partial charge in [-0.1, -0.05) is 12.1 Å². The van der Waals surface area contributed by atoms with E-state index in [0.717, 1.165) is 6.29 Å². The van der Waals surface area contributed by atoms with Crippen LogP contribution >= 0.6 is 0 Å². The molecule has 0 aromatic heterocycles. The molecule has 0 aliphatic carbocycles. The number of hydrogen-bond acceptors (Lipinski definition) is 4. The Morgan fingerprint density at radius 3 is 2.41 bits per heavy atom. The van der Waals surface area contributed by atoms with E-state index in [1.165, 1.54) is 6.92 Å². The second-order valence-electron chi connectivity index (χ2n) is 4.63. The SMILES string of the molecule is CC(=O)c1ccccc1NC(=O)COc1ccc(C=O)cc1. The van der Waals surface area contributed by atoms with Crippen LogP contribution in [-0.2, 0) is 4.79 Å². The molecule has 5 heteroatoms. The van der Waals surface area contributed by atoms with E-state index in [4.69, 9.17) is 4.74 Å². The maximum absolute atomic E-state index is 11.9. The molecule has 1 amide bonds. The normalized spacial score (nSPS) is 9.86. The van der Waals surface area contributed by atoms with E-state index in [0.29, 0.717) is 22.6 Å². The highest BCUT2D eigenvalue weighted by molar-refractivity contribution is 6.03. The van der Waals surface area contributed by atoms with Crippen LogP contribution in [0.5, 0.6) is 5.75 Å². The summed E-state index contributed by atoms with van der Waals surface area (Å²) < 4.78 is 5.33. The van der Waals surface area contributed by atoms with Gasteiger partial charge in [0.25, 0.3) is 5.91 Å². The average Bonchev–Trinajstić information content (AvgIpc) is 2.53. The number of ketones is 1. The van der Waals surface area contributed by atoms with Gasteiger partial charge in [-0.25, -0.2) is 0 Å². The number of benzene rings is 2. The molecule has 0 atom stereocenters. The zero-order valence-corrected chi connectivity index (χ0v) is 12.0. The first kappa shape index (κ1) is 15.4. The Morgan fingerprint density at radius 2 is 1.77 bits per heavy atom. The van der Waals surface area contributed by atoms with Gasteiger partial charge >= 0.3 is 0 Å². The van der Waals surface area contributed by atoms with E-state index in [2.05, 4.69) is 5.32 Å². The van der Waals surface area contributed by atoms with Gasteiger partial charge in [-0.05, 0) is 43.3 Å². The molecule has 0 bridgehead atoms. The minimum absolute atomic E-state index is 0.124. The highest BCUT2D eigenvalue weighted by atomic mass is 16.5. The van der Waals surface area contributed by atoms with Gasteiger partial charge < -0.3 is 10.1 Å². The molecule has 2 aromatic carbocycles. The molecule has 0 aliphatic heterocycles. The van der Waals surface area contributed by atoms with E-state index in [1.807, 2.05) is 0 Å². The number of rotatable bonds is 6. The van der Waals surface area contributed by atoms with Crippen LogP contribution in [0.2, 0.25) is 0 Å². The maximum Gasteiger partial charge on any atom is 0.262 e. The highest BCUT2D eigenvalue weighted by Crippen LogP contribution is 2.16. The fourth-order valence-electron chi connectivity index (χ4n) is 1.88. The number of carbonyl (C=O) groups excluding carboxylic acids is 3. The molecule has 2 aromatic rings. The minimum atomic E-state index is -0.367. The van der Waals surface area contributed by atoms with Crippen LogP contribution in [-0.4, -0.2) is 24.6 Å². The summed E-state index contributed by atoms with van der Waals surface area (Å²) in [7, 11) is 0. The first-order chi connectivity index (χ1) is 10.6. The average molecular weight is 297 g/mol. The molecule has 0 saturated heterocycles. The number of para-hydroxylation sites is 1. The Labute approximate surface area is 127 Å². The van der Waals surface area contributed by atoms with Crippen molar-refractivity contribution in [2.75, 3.05) is 11.9 Å². The van der Waals surface area contributed by atoms with Gasteiger partial charge in [-0.3, -0.25) is 14.4 Å². The van der Waals surface area contributed by atoms with Gasteiger partial charge in [0.1, 0.15) is 12.0 Å². The second-order valence-corrected chi connectivity index (χ2v) is 4.63. The van der Waals surface area contributed by atoms with E-state index in [1.54, 1.807) is 48.5 Å². The molecule has 1 N–H and O–H groups in total. The van der Waals surface area contributed by atoms with Crippen LogP contribution in [0.3, 0.4) is 0 Å². The molecule has 0 radical (unpaired) electrons. The van der Waals surface area contributed by atoms with E-state index in [9.17, 15) is 14.4 Å². The van der Waals surface area contributed by atoms with Crippen molar-refractivity contribution in [1.82, 2.24) is 0 Å². The first-order valence-electron chi connectivity index (χ1n) is 6.68.